The van der Waals surface area contributed by atoms with Crippen molar-refractivity contribution in [1.82, 2.24) is 5.32 Å². The fourth-order valence-corrected chi connectivity index (χ4v) is 2.77. The van der Waals surface area contributed by atoms with Gasteiger partial charge >= 0.3 is 0 Å². The van der Waals surface area contributed by atoms with Crippen LogP contribution in [0.3, 0.4) is 0 Å². The molecule has 110 valence electrons. The molecule has 1 N–H and O–H groups in total. The Bertz CT molecular complexity index is 546. The van der Waals surface area contributed by atoms with Crippen molar-refractivity contribution in [3.05, 3.63) is 71.5 Å². The van der Waals surface area contributed by atoms with E-state index < -0.39 is 0 Å². The van der Waals surface area contributed by atoms with Gasteiger partial charge in [0.05, 0.1) is 6.04 Å². The second kappa shape index (κ2) is 6.86. The largest absolute Gasteiger partial charge is 0.306 e. The molecule has 21 heavy (non-hydrogen) atoms. The normalized spacial score (nSPS) is 15.9. The number of benzene rings is 2. The van der Waals surface area contributed by atoms with E-state index in [4.69, 9.17) is 0 Å². The predicted octanol–water partition coefficient (Wildman–Crippen LogP) is 4.69. The summed E-state index contributed by atoms with van der Waals surface area (Å²) in [6, 6.07) is 17.4. The van der Waals surface area contributed by atoms with E-state index in [1.165, 1.54) is 43.4 Å². The van der Waals surface area contributed by atoms with Crippen LogP contribution in [0.15, 0.2) is 54.6 Å². The molecule has 0 saturated heterocycles. The van der Waals surface area contributed by atoms with Crippen LogP contribution in [-0.4, -0.2) is 6.54 Å². The Balaban J connectivity index is 1.69. The number of hydrogen-bond donors (Lipinski definition) is 1. The fraction of sp³-hybridized carbons (Fsp3) is 0.368. The molecule has 0 bridgehead atoms. The lowest BCUT2D eigenvalue weighted by Gasteiger charge is -2.20. The summed E-state index contributed by atoms with van der Waals surface area (Å²) in [4.78, 5) is 0. The number of rotatable bonds is 7. The summed E-state index contributed by atoms with van der Waals surface area (Å²) < 4.78 is 13.1. The van der Waals surface area contributed by atoms with E-state index in [1.807, 2.05) is 18.2 Å². The molecule has 0 radical (unpaired) electrons. The average Bonchev–Trinajstić information content (AvgIpc) is 3.34. The molecule has 0 spiro atoms. The van der Waals surface area contributed by atoms with Crippen molar-refractivity contribution in [3.8, 4) is 0 Å². The Labute approximate surface area is 126 Å². The van der Waals surface area contributed by atoms with Crippen molar-refractivity contribution >= 4 is 0 Å². The molecule has 1 aliphatic rings. The van der Waals surface area contributed by atoms with Crippen LogP contribution in [0.25, 0.3) is 0 Å². The van der Waals surface area contributed by atoms with E-state index in [-0.39, 0.29) is 11.9 Å². The quantitative estimate of drug-likeness (QED) is 0.727. The first-order valence-electron chi connectivity index (χ1n) is 7.87. The summed E-state index contributed by atoms with van der Waals surface area (Å²) in [6.45, 7) is 1.01. The van der Waals surface area contributed by atoms with E-state index in [1.54, 1.807) is 0 Å². The molecule has 2 aromatic carbocycles. The molecule has 3 rings (SSSR count). The van der Waals surface area contributed by atoms with Gasteiger partial charge in [0, 0.05) is 0 Å². The molecule has 0 aliphatic heterocycles. The van der Waals surface area contributed by atoms with Gasteiger partial charge in [0.25, 0.3) is 0 Å². The maximum Gasteiger partial charge on any atom is 0.123 e. The molecule has 2 aromatic rings. The summed E-state index contributed by atoms with van der Waals surface area (Å²) in [5, 5.41) is 3.63. The highest BCUT2D eigenvalue weighted by atomic mass is 19.1. The van der Waals surface area contributed by atoms with Crippen LogP contribution in [0.4, 0.5) is 4.39 Å². The van der Waals surface area contributed by atoms with Gasteiger partial charge in [-0.3, -0.25) is 0 Å². The molecule has 2 heteroatoms. The number of hydrogen-bond acceptors (Lipinski definition) is 1. The zero-order chi connectivity index (χ0) is 14.5. The topological polar surface area (TPSA) is 12.0 Å². The molecule has 1 nitrogen and oxygen atoms in total. The van der Waals surface area contributed by atoms with Gasteiger partial charge in [0.15, 0.2) is 0 Å². The van der Waals surface area contributed by atoms with E-state index in [2.05, 4.69) is 29.6 Å². The van der Waals surface area contributed by atoms with Crippen molar-refractivity contribution in [3.63, 3.8) is 0 Å². The summed E-state index contributed by atoms with van der Waals surface area (Å²) in [6.07, 6.45) is 5.38. The summed E-state index contributed by atoms with van der Waals surface area (Å²) in [7, 11) is 0. The molecule has 1 atom stereocenters. The Kier molecular flexibility index (Phi) is 4.66. The van der Waals surface area contributed by atoms with E-state index in [0.717, 1.165) is 18.0 Å². The molecule has 1 saturated carbocycles. The monoisotopic (exact) mass is 283 g/mol. The van der Waals surface area contributed by atoms with Gasteiger partial charge in [-0.25, -0.2) is 4.39 Å². The van der Waals surface area contributed by atoms with Crippen molar-refractivity contribution in [2.45, 2.75) is 31.7 Å². The van der Waals surface area contributed by atoms with Crippen molar-refractivity contribution in [2.75, 3.05) is 6.54 Å². The molecule has 1 fully saturated rings. The second-order valence-electron chi connectivity index (χ2n) is 5.93. The van der Waals surface area contributed by atoms with Crippen molar-refractivity contribution < 1.29 is 4.39 Å². The predicted molar refractivity (Wildman–Crippen MR) is 84.6 cm³/mol. The standard InChI is InChI=1S/C19H22FN/c20-18-12-10-17(11-13-18)19(16-6-2-1-3-7-16)21-14-4-5-15-8-9-15/h1-3,6-7,10-13,15,19,21H,4-5,8-9,14H2. The zero-order valence-electron chi connectivity index (χ0n) is 12.3. The molecule has 1 aliphatic carbocycles. The van der Waals surface area contributed by atoms with Crippen molar-refractivity contribution in [2.24, 2.45) is 5.92 Å². The summed E-state index contributed by atoms with van der Waals surface area (Å²) >= 11 is 0. The highest BCUT2D eigenvalue weighted by molar-refractivity contribution is 5.31. The third kappa shape index (κ3) is 4.15. The Morgan fingerprint density at radius 1 is 0.952 bits per heavy atom. The molecular formula is C19H22FN. The summed E-state index contributed by atoms with van der Waals surface area (Å²) in [5.41, 5.74) is 2.35. The van der Waals surface area contributed by atoms with Crippen LogP contribution < -0.4 is 5.32 Å². The van der Waals surface area contributed by atoms with Gasteiger partial charge in [-0.1, -0.05) is 55.3 Å². The second-order valence-corrected chi connectivity index (χ2v) is 5.93. The van der Waals surface area contributed by atoms with Crippen LogP contribution in [0.5, 0.6) is 0 Å². The highest BCUT2D eigenvalue weighted by Gasteiger charge is 2.20. The Morgan fingerprint density at radius 3 is 2.29 bits per heavy atom. The van der Waals surface area contributed by atoms with Crippen LogP contribution in [-0.2, 0) is 0 Å². The molecule has 1 unspecified atom stereocenters. The smallest absolute Gasteiger partial charge is 0.123 e. The zero-order valence-corrected chi connectivity index (χ0v) is 12.3. The lowest BCUT2D eigenvalue weighted by atomic mass is 9.98. The number of halogens is 1. The van der Waals surface area contributed by atoms with Gasteiger partial charge in [0.1, 0.15) is 5.82 Å². The lowest BCUT2D eigenvalue weighted by Crippen LogP contribution is -2.23. The SMILES string of the molecule is Fc1ccc(C(NCCCC2CC2)c2ccccc2)cc1. The fourth-order valence-electron chi connectivity index (χ4n) is 2.77. The molecular weight excluding hydrogens is 261 g/mol. The van der Waals surface area contributed by atoms with Gasteiger partial charge in [-0.05, 0) is 48.6 Å². The summed E-state index contributed by atoms with van der Waals surface area (Å²) in [5.74, 6) is 0.798. The van der Waals surface area contributed by atoms with Gasteiger partial charge in [0.2, 0.25) is 0 Å². The maximum absolute atomic E-state index is 13.1. The minimum absolute atomic E-state index is 0.144. The third-order valence-corrected chi connectivity index (χ3v) is 4.17. The number of nitrogens with one attached hydrogen (secondary N) is 1. The van der Waals surface area contributed by atoms with E-state index in [9.17, 15) is 4.39 Å². The van der Waals surface area contributed by atoms with Crippen LogP contribution in [0, 0.1) is 11.7 Å². The lowest BCUT2D eigenvalue weighted by molar-refractivity contribution is 0.550. The minimum atomic E-state index is -0.181. The van der Waals surface area contributed by atoms with Crippen LogP contribution in [0.2, 0.25) is 0 Å². The third-order valence-electron chi connectivity index (χ3n) is 4.17. The van der Waals surface area contributed by atoms with E-state index >= 15 is 0 Å². The van der Waals surface area contributed by atoms with Crippen molar-refractivity contribution in [1.29, 1.82) is 0 Å². The minimum Gasteiger partial charge on any atom is -0.306 e. The van der Waals surface area contributed by atoms with Gasteiger partial charge in [-0.15, -0.1) is 0 Å². The molecule has 0 amide bonds. The van der Waals surface area contributed by atoms with Crippen LogP contribution >= 0.6 is 0 Å². The Morgan fingerprint density at radius 2 is 1.62 bits per heavy atom. The average molecular weight is 283 g/mol. The first-order valence-corrected chi connectivity index (χ1v) is 7.87. The first-order chi connectivity index (χ1) is 10.3. The van der Waals surface area contributed by atoms with Gasteiger partial charge < -0.3 is 5.32 Å². The molecule has 0 heterocycles. The highest BCUT2D eigenvalue weighted by Crippen LogP contribution is 2.33. The van der Waals surface area contributed by atoms with Gasteiger partial charge in [-0.2, -0.15) is 0 Å². The van der Waals surface area contributed by atoms with Crippen LogP contribution in [0.1, 0.15) is 42.9 Å². The maximum atomic E-state index is 13.1. The van der Waals surface area contributed by atoms with E-state index in [0.29, 0.717) is 0 Å². The first kappa shape index (κ1) is 14.3. The Hall–Kier alpha value is -1.67. The molecule has 0 aromatic heterocycles.